The Kier molecular flexibility index (Phi) is 6.87. The fraction of sp³-hybridized carbons (Fsp3) is 0.348. The van der Waals surface area contributed by atoms with Crippen LogP contribution in [0.2, 0.25) is 0 Å². The van der Waals surface area contributed by atoms with Crippen molar-refractivity contribution in [3.63, 3.8) is 0 Å². The average molecular weight is 412 g/mol. The van der Waals surface area contributed by atoms with Gasteiger partial charge < -0.3 is 0 Å². The van der Waals surface area contributed by atoms with E-state index in [9.17, 15) is 8.42 Å². The fourth-order valence-corrected chi connectivity index (χ4v) is 4.78. The van der Waals surface area contributed by atoms with E-state index >= 15 is 0 Å². The number of hydrogen-bond donors (Lipinski definition) is 0. The van der Waals surface area contributed by atoms with Gasteiger partial charge in [0.25, 0.3) is 0 Å². The molecule has 0 aliphatic rings. The molecule has 0 N–H and O–H groups in total. The summed E-state index contributed by atoms with van der Waals surface area (Å²) in [5, 5.41) is 4.63. The summed E-state index contributed by atoms with van der Waals surface area (Å²) in [7, 11) is -3.71. The Labute approximate surface area is 174 Å². The fourth-order valence-electron chi connectivity index (χ4n) is 3.17. The maximum atomic E-state index is 13.7. The van der Waals surface area contributed by atoms with Crippen LogP contribution < -0.4 is 0 Å². The maximum Gasteiger partial charge on any atom is 0.247 e. The van der Waals surface area contributed by atoms with E-state index in [0.717, 1.165) is 24.0 Å². The van der Waals surface area contributed by atoms with Crippen LogP contribution in [0.5, 0.6) is 0 Å². The molecule has 0 aliphatic heterocycles. The summed E-state index contributed by atoms with van der Waals surface area (Å²) in [6.07, 6.45) is 3.41. The van der Waals surface area contributed by atoms with Gasteiger partial charge in [-0.3, -0.25) is 4.68 Å². The Balaban J connectivity index is 2.07. The first-order valence-electron chi connectivity index (χ1n) is 10.1. The van der Waals surface area contributed by atoms with E-state index in [1.165, 1.54) is 0 Å². The third-order valence-corrected chi connectivity index (χ3v) is 6.70. The second kappa shape index (κ2) is 9.37. The molecule has 0 fully saturated rings. The molecular weight excluding hydrogens is 382 g/mol. The van der Waals surface area contributed by atoms with E-state index in [1.54, 1.807) is 15.2 Å². The van der Waals surface area contributed by atoms with Crippen molar-refractivity contribution in [1.29, 1.82) is 0 Å². The number of hydrogen-bond acceptors (Lipinski definition) is 3. The van der Waals surface area contributed by atoms with Gasteiger partial charge in [-0.15, -0.1) is 0 Å². The first kappa shape index (κ1) is 21.3. The lowest BCUT2D eigenvalue weighted by Gasteiger charge is -2.22. The van der Waals surface area contributed by atoms with Gasteiger partial charge >= 0.3 is 0 Å². The predicted octanol–water partition coefficient (Wildman–Crippen LogP) is 5.12. The second-order valence-electron chi connectivity index (χ2n) is 7.46. The van der Waals surface area contributed by atoms with Crippen LogP contribution in [0.3, 0.4) is 0 Å². The van der Waals surface area contributed by atoms with Gasteiger partial charge in [0.05, 0.1) is 0 Å². The summed E-state index contributed by atoms with van der Waals surface area (Å²) in [4.78, 5) is 0.268. The molecule has 29 heavy (non-hydrogen) atoms. The molecule has 0 radical (unpaired) electrons. The van der Waals surface area contributed by atoms with Crippen molar-refractivity contribution in [2.75, 3.05) is 6.54 Å². The Morgan fingerprint density at radius 1 is 1.00 bits per heavy atom. The van der Waals surface area contributed by atoms with Gasteiger partial charge in [0.2, 0.25) is 10.0 Å². The summed E-state index contributed by atoms with van der Waals surface area (Å²) in [5.74, 6) is 0. The number of rotatable bonds is 9. The highest BCUT2D eigenvalue weighted by Crippen LogP contribution is 2.30. The van der Waals surface area contributed by atoms with Crippen LogP contribution in [-0.4, -0.2) is 29.0 Å². The largest absolute Gasteiger partial charge is 0.268 e. The smallest absolute Gasteiger partial charge is 0.247 e. The minimum absolute atomic E-state index is 0.0691. The van der Waals surface area contributed by atoms with Crippen molar-refractivity contribution in [3.05, 3.63) is 72.4 Å². The highest BCUT2D eigenvalue weighted by Gasteiger charge is 2.30. The van der Waals surface area contributed by atoms with Gasteiger partial charge in [-0.25, -0.2) is 8.42 Å². The van der Waals surface area contributed by atoms with Crippen LogP contribution in [0.25, 0.3) is 11.3 Å². The van der Waals surface area contributed by atoms with Crippen molar-refractivity contribution in [3.8, 4) is 11.3 Å². The number of aromatic nitrogens is 2. The molecule has 3 aromatic rings. The van der Waals surface area contributed by atoms with Crippen molar-refractivity contribution in [2.24, 2.45) is 0 Å². The lowest BCUT2D eigenvalue weighted by Crippen LogP contribution is -2.31. The van der Waals surface area contributed by atoms with Gasteiger partial charge in [-0.2, -0.15) is 9.40 Å². The normalized spacial score (nSPS) is 12.0. The highest BCUT2D eigenvalue weighted by molar-refractivity contribution is 7.89. The molecule has 0 bridgehead atoms. The lowest BCUT2D eigenvalue weighted by atomic mass is 10.2. The Morgan fingerprint density at radius 3 is 2.21 bits per heavy atom. The first-order chi connectivity index (χ1) is 13.9. The number of nitrogens with zero attached hydrogens (tertiary/aromatic N) is 3. The van der Waals surface area contributed by atoms with E-state index in [-0.39, 0.29) is 10.9 Å². The molecule has 5 nitrogen and oxygen atoms in total. The van der Waals surface area contributed by atoms with Crippen molar-refractivity contribution >= 4 is 10.0 Å². The quantitative estimate of drug-likeness (QED) is 0.491. The van der Waals surface area contributed by atoms with Gasteiger partial charge in [0, 0.05) is 30.9 Å². The molecule has 0 spiro atoms. The maximum absolute atomic E-state index is 13.7. The molecule has 1 heterocycles. The van der Waals surface area contributed by atoms with Crippen LogP contribution in [0.15, 0.2) is 71.8 Å². The van der Waals surface area contributed by atoms with E-state index in [0.29, 0.717) is 18.8 Å². The zero-order chi connectivity index (χ0) is 20.9. The van der Waals surface area contributed by atoms with Gasteiger partial charge in [0.15, 0.2) is 0 Å². The standard InChI is InChI=1S/C23H29N3O2S/c1-4-5-16-25(17-20-12-8-6-9-13-20)29(27,28)22-18-26(19(2)3)24-23(22)21-14-10-7-11-15-21/h6-15,18-19H,4-5,16-17H2,1-3H3. The molecule has 0 saturated heterocycles. The Bertz CT molecular complexity index is 1010. The van der Waals surface area contributed by atoms with Gasteiger partial charge in [-0.05, 0) is 25.8 Å². The Hall–Kier alpha value is -2.44. The zero-order valence-electron chi connectivity index (χ0n) is 17.3. The first-order valence-corrected chi connectivity index (χ1v) is 11.6. The minimum Gasteiger partial charge on any atom is -0.268 e. The van der Waals surface area contributed by atoms with Crippen LogP contribution in [-0.2, 0) is 16.6 Å². The second-order valence-corrected chi connectivity index (χ2v) is 9.37. The van der Waals surface area contributed by atoms with Crippen molar-refractivity contribution in [1.82, 2.24) is 14.1 Å². The topological polar surface area (TPSA) is 55.2 Å². The molecular formula is C23H29N3O2S. The number of sulfonamides is 1. The van der Waals surface area contributed by atoms with E-state index < -0.39 is 10.0 Å². The van der Waals surface area contributed by atoms with Crippen LogP contribution in [0.4, 0.5) is 0 Å². The van der Waals surface area contributed by atoms with Crippen molar-refractivity contribution in [2.45, 2.75) is 51.1 Å². The minimum atomic E-state index is -3.71. The number of unbranched alkanes of at least 4 members (excludes halogenated alkanes) is 1. The molecule has 2 aromatic carbocycles. The lowest BCUT2D eigenvalue weighted by molar-refractivity contribution is 0.398. The van der Waals surface area contributed by atoms with Crippen LogP contribution >= 0.6 is 0 Å². The zero-order valence-corrected chi connectivity index (χ0v) is 18.1. The third kappa shape index (κ3) is 4.95. The summed E-state index contributed by atoms with van der Waals surface area (Å²) in [6.45, 7) is 6.90. The summed E-state index contributed by atoms with van der Waals surface area (Å²) in [6, 6.07) is 19.3. The van der Waals surface area contributed by atoms with Gasteiger partial charge in [-0.1, -0.05) is 74.0 Å². The van der Waals surface area contributed by atoms with E-state index in [1.807, 2.05) is 74.5 Å². The van der Waals surface area contributed by atoms with Crippen molar-refractivity contribution < 1.29 is 8.42 Å². The summed E-state index contributed by atoms with van der Waals surface area (Å²) < 4.78 is 30.8. The molecule has 0 saturated carbocycles. The molecule has 154 valence electrons. The molecule has 3 rings (SSSR count). The van der Waals surface area contributed by atoms with Crippen LogP contribution in [0.1, 0.15) is 45.2 Å². The molecule has 1 aromatic heterocycles. The molecule has 0 amide bonds. The molecule has 0 unspecified atom stereocenters. The van der Waals surface area contributed by atoms with Gasteiger partial charge in [0.1, 0.15) is 10.6 Å². The Morgan fingerprint density at radius 2 is 1.62 bits per heavy atom. The average Bonchev–Trinajstić information content (AvgIpc) is 3.19. The monoisotopic (exact) mass is 411 g/mol. The predicted molar refractivity (Wildman–Crippen MR) is 117 cm³/mol. The van der Waals surface area contributed by atoms with Crippen LogP contribution in [0, 0.1) is 0 Å². The SMILES string of the molecule is CCCCN(Cc1ccccc1)S(=O)(=O)c1cn(C(C)C)nc1-c1ccccc1. The summed E-state index contributed by atoms with van der Waals surface area (Å²) in [5.41, 5.74) is 2.29. The third-order valence-electron chi connectivity index (χ3n) is 4.86. The molecule has 0 aliphatic carbocycles. The number of benzene rings is 2. The highest BCUT2D eigenvalue weighted by atomic mass is 32.2. The van der Waals surface area contributed by atoms with E-state index in [4.69, 9.17) is 0 Å². The molecule has 0 atom stereocenters. The molecule has 6 heteroatoms. The summed E-state index contributed by atoms with van der Waals surface area (Å²) >= 11 is 0. The van der Waals surface area contributed by atoms with E-state index in [2.05, 4.69) is 12.0 Å².